The van der Waals surface area contributed by atoms with Crippen molar-refractivity contribution in [1.82, 2.24) is 0 Å². The van der Waals surface area contributed by atoms with Crippen molar-refractivity contribution in [3.8, 4) is 11.5 Å². The van der Waals surface area contributed by atoms with Gasteiger partial charge in [0.1, 0.15) is 12.3 Å². The van der Waals surface area contributed by atoms with E-state index in [1.165, 1.54) is 24.5 Å². The number of ketones is 1. The molecule has 162 valence electrons. The number of nitrogens with one attached hydrogen (secondary N) is 1. The molecule has 0 radical (unpaired) electrons. The molecule has 6 nitrogen and oxygen atoms in total. The van der Waals surface area contributed by atoms with Gasteiger partial charge in [-0.25, -0.2) is 4.79 Å². The second-order valence-electron chi connectivity index (χ2n) is 8.75. The van der Waals surface area contributed by atoms with E-state index in [0.29, 0.717) is 40.8 Å². The van der Waals surface area contributed by atoms with Gasteiger partial charge in [0.05, 0.1) is 31.3 Å². The van der Waals surface area contributed by atoms with Gasteiger partial charge < -0.3 is 19.5 Å². The van der Waals surface area contributed by atoms with Crippen LogP contribution in [0.25, 0.3) is 6.08 Å². The molecule has 2 unspecified atom stereocenters. The van der Waals surface area contributed by atoms with Crippen LogP contribution < -0.4 is 14.7 Å². The topological polar surface area (TPSA) is 80.1 Å². The smallest absolute Gasteiger partial charge is 0.337 e. The van der Waals surface area contributed by atoms with Crippen molar-refractivity contribution in [3.05, 3.63) is 64.4 Å². The fourth-order valence-electron chi connectivity index (χ4n) is 4.76. The van der Waals surface area contributed by atoms with Gasteiger partial charge >= 0.3 is 5.97 Å². The van der Waals surface area contributed by atoms with Crippen molar-refractivity contribution in [3.63, 3.8) is 0 Å². The first-order chi connectivity index (χ1) is 14.9. The first kappa shape index (κ1) is 21.1. The zero-order valence-corrected chi connectivity index (χ0v) is 18.1. The minimum Gasteiger partial charge on any atom is -0.872 e. The summed E-state index contributed by atoms with van der Waals surface area (Å²) in [6.45, 7) is 7.07. The molecule has 1 N–H and O–H groups in total. The Morgan fingerprint density at radius 1 is 1.16 bits per heavy atom. The van der Waals surface area contributed by atoms with Gasteiger partial charge in [-0.1, -0.05) is 37.8 Å². The average Bonchev–Trinajstić information content (AvgIpc) is 3.05. The molecule has 2 aliphatic heterocycles. The maximum Gasteiger partial charge on any atom is 0.337 e. The van der Waals surface area contributed by atoms with E-state index in [0.717, 1.165) is 18.7 Å². The van der Waals surface area contributed by atoms with E-state index in [1.807, 2.05) is 0 Å². The number of quaternary nitrogens is 1. The summed E-state index contributed by atoms with van der Waals surface area (Å²) in [4.78, 5) is 25.9. The molecule has 2 aromatic rings. The lowest BCUT2D eigenvalue weighted by atomic mass is 9.91. The van der Waals surface area contributed by atoms with E-state index in [2.05, 4.69) is 13.8 Å². The normalized spacial score (nSPS) is 24.0. The number of carbonyl (C=O) groups excluding carboxylic acids is 2. The predicted molar refractivity (Wildman–Crippen MR) is 114 cm³/mol. The molecule has 31 heavy (non-hydrogen) atoms. The summed E-state index contributed by atoms with van der Waals surface area (Å²) in [6, 6.07) is 9.74. The van der Waals surface area contributed by atoms with Gasteiger partial charge in [0.15, 0.2) is 5.76 Å². The number of esters is 1. The lowest BCUT2D eigenvalue weighted by Crippen LogP contribution is -3.13. The molecule has 0 spiro atoms. The van der Waals surface area contributed by atoms with Crippen molar-refractivity contribution in [2.24, 2.45) is 11.8 Å². The molecule has 0 amide bonds. The largest absolute Gasteiger partial charge is 0.872 e. The summed E-state index contributed by atoms with van der Waals surface area (Å²) in [7, 11) is 1.33. The Labute approximate surface area is 182 Å². The van der Waals surface area contributed by atoms with Crippen LogP contribution in [-0.2, 0) is 11.3 Å². The highest BCUT2D eigenvalue weighted by Crippen LogP contribution is 2.38. The Bertz CT molecular complexity index is 1030. The molecule has 6 heteroatoms. The number of Topliss-reactive ketones (excluding diaryl/α,β-unsaturated/α-hetero) is 1. The summed E-state index contributed by atoms with van der Waals surface area (Å²) in [5.74, 6) is 1.05. The third kappa shape index (κ3) is 4.35. The van der Waals surface area contributed by atoms with E-state index in [9.17, 15) is 14.7 Å². The molecule has 0 aliphatic carbocycles. The first-order valence-electron chi connectivity index (χ1n) is 10.6. The summed E-state index contributed by atoms with van der Waals surface area (Å²) in [5.41, 5.74) is 2.16. The van der Waals surface area contributed by atoms with Gasteiger partial charge in [-0.3, -0.25) is 4.79 Å². The van der Waals surface area contributed by atoms with Crippen LogP contribution in [0.1, 0.15) is 52.1 Å². The second-order valence-corrected chi connectivity index (χ2v) is 8.75. The number of ether oxygens (including phenoxy) is 2. The molecule has 1 fully saturated rings. The Hall–Kier alpha value is -3.12. The lowest BCUT2D eigenvalue weighted by molar-refractivity contribution is -0.925. The van der Waals surface area contributed by atoms with E-state index >= 15 is 0 Å². The van der Waals surface area contributed by atoms with Crippen LogP contribution in [0, 0.1) is 11.8 Å². The van der Waals surface area contributed by atoms with Crippen LogP contribution in [0.15, 0.2) is 42.2 Å². The van der Waals surface area contributed by atoms with Gasteiger partial charge in [-0.2, -0.15) is 0 Å². The molecule has 2 aliphatic rings. The molecule has 0 bridgehead atoms. The van der Waals surface area contributed by atoms with E-state index in [1.54, 1.807) is 36.4 Å². The number of benzene rings is 2. The number of hydrogen-bond donors (Lipinski definition) is 1. The third-order valence-corrected chi connectivity index (χ3v) is 6.03. The number of carbonyl (C=O) groups is 2. The highest BCUT2D eigenvalue weighted by molar-refractivity contribution is 6.15. The maximum atomic E-state index is 12.9. The van der Waals surface area contributed by atoms with Crippen LogP contribution in [-0.4, -0.2) is 32.0 Å². The number of rotatable bonds is 4. The highest BCUT2D eigenvalue weighted by Gasteiger charge is 2.32. The molecule has 2 heterocycles. The SMILES string of the molecule is COC(=O)c1ccc(/C=C2\Oc3c(ccc([O-])c3C[NH+]3CC(C)CC(C)C3)C2=O)cc1. The van der Waals surface area contributed by atoms with Gasteiger partial charge in [-0.15, -0.1) is 0 Å². The maximum absolute atomic E-state index is 12.9. The Balaban J connectivity index is 1.59. The number of methoxy groups -OCH3 is 1. The monoisotopic (exact) mass is 421 g/mol. The third-order valence-electron chi connectivity index (χ3n) is 6.03. The Morgan fingerprint density at radius 3 is 2.48 bits per heavy atom. The highest BCUT2D eigenvalue weighted by atomic mass is 16.5. The lowest BCUT2D eigenvalue weighted by Gasteiger charge is -2.33. The van der Waals surface area contributed by atoms with Crippen molar-refractivity contribution in [2.75, 3.05) is 20.2 Å². The molecule has 2 atom stereocenters. The number of likely N-dealkylation sites (tertiary alicyclic amines) is 1. The summed E-state index contributed by atoms with van der Waals surface area (Å²) < 4.78 is 10.6. The van der Waals surface area contributed by atoms with Crippen LogP contribution in [0.4, 0.5) is 0 Å². The number of hydrogen-bond acceptors (Lipinski definition) is 5. The molecule has 0 saturated carbocycles. The van der Waals surface area contributed by atoms with E-state index < -0.39 is 5.97 Å². The fourth-order valence-corrected chi connectivity index (χ4v) is 4.76. The van der Waals surface area contributed by atoms with Crippen molar-refractivity contribution in [2.45, 2.75) is 26.8 Å². The predicted octanol–water partition coefficient (Wildman–Crippen LogP) is 2.22. The molecule has 1 saturated heterocycles. The van der Waals surface area contributed by atoms with Crippen LogP contribution in [0.2, 0.25) is 0 Å². The minimum absolute atomic E-state index is 0.0892. The van der Waals surface area contributed by atoms with Crippen LogP contribution in [0.3, 0.4) is 0 Å². The van der Waals surface area contributed by atoms with Gasteiger partial charge in [0.25, 0.3) is 0 Å². The average molecular weight is 421 g/mol. The van der Waals surface area contributed by atoms with Crippen molar-refractivity contribution in [1.29, 1.82) is 0 Å². The van der Waals surface area contributed by atoms with Crippen molar-refractivity contribution >= 4 is 17.8 Å². The molecule has 2 aromatic carbocycles. The molecule has 0 aromatic heterocycles. The molecular formula is C25H27NO5. The number of allylic oxidation sites excluding steroid dienone is 1. The Morgan fingerprint density at radius 2 is 1.84 bits per heavy atom. The van der Waals surface area contributed by atoms with E-state index in [4.69, 9.17) is 9.47 Å². The van der Waals surface area contributed by atoms with Crippen LogP contribution in [0.5, 0.6) is 11.5 Å². The zero-order valence-electron chi connectivity index (χ0n) is 18.1. The second kappa shape index (κ2) is 8.55. The fraction of sp³-hybridized carbons (Fsp3) is 0.360. The standard InChI is InChI=1S/C25H27NO5/c1-15-10-16(2)13-26(12-15)14-20-21(27)9-8-19-23(28)22(31-24(19)20)11-17-4-6-18(7-5-17)25(29)30-3/h4-9,11,15-16,27H,10,12-14H2,1-3H3/b22-11-. The number of piperidine rings is 1. The quantitative estimate of drug-likeness (QED) is 0.605. The van der Waals surface area contributed by atoms with Gasteiger partial charge in [-0.05, 0) is 36.3 Å². The molecular weight excluding hydrogens is 394 g/mol. The van der Waals surface area contributed by atoms with Gasteiger partial charge in [0, 0.05) is 17.4 Å². The van der Waals surface area contributed by atoms with Crippen LogP contribution >= 0.6 is 0 Å². The van der Waals surface area contributed by atoms with Crippen molar-refractivity contribution < 1.29 is 29.1 Å². The summed E-state index contributed by atoms with van der Waals surface area (Å²) in [5, 5.41) is 12.6. The van der Waals surface area contributed by atoms with E-state index in [-0.39, 0.29) is 17.3 Å². The zero-order chi connectivity index (χ0) is 22.1. The molecule has 4 rings (SSSR count). The summed E-state index contributed by atoms with van der Waals surface area (Å²) in [6.07, 6.45) is 2.84. The first-order valence-corrected chi connectivity index (χ1v) is 10.6. The summed E-state index contributed by atoms with van der Waals surface area (Å²) >= 11 is 0. The van der Waals surface area contributed by atoms with Gasteiger partial charge in [0.2, 0.25) is 5.78 Å². The minimum atomic E-state index is -0.420. The number of fused-ring (bicyclic) bond motifs is 1. The Kier molecular flexibility index (Phi) is 5.83.